The Bertz CT molecular complexity index is 511. The Morgan fingerprint density at radius 1 is 1.40 bits per heavy atom. The highest BCUT2D eigenvalue weighted by molar-refractivity contribution is 5.85. The summed E-state index contributed by atoms with van der Waals surface area (Å²) in [6.07, 6.45) is 9.05. The van der Waals surface area contributed by atoms with E-state index >= 15 is 0 Å². The highest BCUT2D eigenvalue weighted by Crippen LogP contribution is 2.34. The topological polar surface area (TPSA) is 65.8 Å². The molecule has 0 atom stereocenters. The van der Waals surface area contributed by atoms with E-state index in [1.54, 1.807) is 12.4 Å². The van der Waals surface area contributed by atoms with Crippen molar-refractivity contribution in [3.05, 3.63) is 29.6 Å². The Kier molecular flexibility index (Phi) is 4.73. The number of nitrogens with one attached hydrogen (secondary N) is 1. The number of hydrogen-bond acceptors (Lipinski definition) is 3. The molecule has 4 nitrogen and oxygen atoms in total. The third-order valence-electron chi connectivity index (χ3n) is 4.19. The normalized spacial score (nSPS) is 17.8. The molecule has 1 N–H and O–H groups in total. The first-order valence-corrected chi connectivity index (χ1v) is 7.27. The van der Waals surface area contributed by atoms with Crippen molar-refractivity contribution in [3.63, 3.8) is 0 Å². The van der Waals surface area contributed by atoms with Crippen LogP contribution in [0.5, 0.6) is 0 Å². The summed E-state index contributed by atoms with van der Waals surface area (Å²) in [5.74, 6) is -0.120. The van der Waals surface area contributed by atoms with Gasteiger partial charge in [0.05, 0.1) is 6.07 Å². The van der Waals surface area contributed by atoms with Crippen LogP contribution in [0.1, 0.15) is 49.7 Å². The Hall–Kier alpha value is -1.89. The van der Waals surface area contributed by atoms with Gasteiger partial charge in [0.25, 0.3) is 0 Å². The van der Waals surface area contributed by atoms with Crippen LogP contribution in [0.25, 0.3) is 0 Å². The molecule has 0 saturated heterocycles. The zero-order chi connectivity index (χ0) is 14.4. The smallest absolute Gasteiger partial charge is 0.240 e. The number of nitriles is 1. The lowest BCUT2D eigenvalue weighted by atomic mass is 9.81. The number of nitrogens with zero attached hydrogens (tertiary/aromatic N) is 2. The Balaban J connectivity index is 2.03. The van der Waals surface area contributed by atoms with Gasteiger partial charge in [-0.05, 0) is 37.0 Å². The molecule has 4 heteroatoms. The molecular weight excluding hydrogens is 250 g/mol. The lowest BCUT2D eigenvalue weighted by Crippen LogP contribution is -2.39. The number of carbonyl (C=O) groups is 1. The van der Waals surface area contributed by atoms with Gasteiger partial charge in [0.1, 0.15) is 5.41 Å². The monoisotopic (exact) mass is 271 g/mol. The van der Waals surface area contributed by atoms with E-state index < -0.39 is 5.41 Å². The Morgan fingerprint density at radius 2 is 2.10 bits per heavy atom. The number of amides is 1. The Labute approximate surface area is 120 Å². The molecule has 1 saturated carbocycles. The summed E-state index contributed by atoms with van der Waals surface area (Å²) in [6, 6.07) is 4.20. The van der Waals surface area contributed by atoms with Crippen molar-refractivity contribution in [3.8, 4) is 6.07 Å². The maximum Gasteiger partial charge on any atom is 0.240 e. The zero-order valence-corrected chi connectivity index (χ0v) is 12.0. The van der Waals surface area contributed by atoms with Crippen molar-refractivity contribution in [2.75, 3.05) is 0 Å². The number of carbonyl (C=O) groups excluding carboxylic acids is 1. The van der Waals surface area contributed by atoms with Gasteiger partial charge in [-0.3, -0.25) is 9.78 Å². The average Bonchev–Trinajstić information content (AvgIpc) is 2.72. The van der Waals surface area contributed by atoms with E-state index in [2.05, 4.69) is 16.4 Å². The van der Waals surface area contributed by atoms with Gasteiger partial charge in [-0.15, -0.1) is 0 Å². The van der Waals surface area contributed by atoms with Crippen molar-refractivity contribution < 1.29 is 4.79 Å². The second kappa shape index (κ2) is 6.51. The van der Waals surface area contributed by atoms with Crippen LogP contribution in [0.2, 0.25) is 0 Å². The van der Waals surface area contributed by atoms with E-state index in [-0.39, 0.29) is 5.91 Å². The van der Waals surface area contributed by atoms with E-state index in [0.29, 0.717) is 19.4 Å². The van der Waals surface area contributed by atoms with Gasteiger partial charge in [-0.2, -0.15) is 5.26 Å². The van der Waals surface area contributed by atoms with Crippen molar-refractivity contribution in [2.45, 2.75) is 52.0 Å². The van der Waals surface area contributed by atoms with Gasteiger partial charge in [-0.1, -0.05) is 25.7 Å². The van der Waals surface area contributed by atoms with Crippen LogP contribution < -0.4 is 5.32 Å². The fraction of sp³-hybridized carbons (Fsp3) is 0.562. The first kappa shape index (κ1) is 14.5. The fourth-order valence-electron chi connectivity index (χ4n) is 2.75. The molecule has 0 bridgehead atoms. The van der Waals surface area contributed by atoms with Crippen LogP contribution in [0.4, 0.5) is 0 Å². The lowest BCUT2D eigenvalue weighted by Gasteiger charge is -2.23. The second-order valence-corrected chi connectivity index (χ2v) is 5.59. The summed E-state index contributed by atoms with van der Waals surface area (Å²) in [5.41, 5.74) is 1.28. The van der Waals surface area contributed by atoms with E-state index in [0.717, 1.165) is 36.8 Å². The van der Waals surface area contributed by atoms with E-state index in [1.807, 2.05) is 13.0 Å². The molecule has 1 aliphatic rings. The average molecular weight is 271 g/mol. The predicted octanol–water partition coefficient (Wildman–Crippen LogP) is 2.87. The molecule has 1 fully saturated rings. The van der Waals surface area contributed by atoms with E-state index in [4.69, 9.17) is 0 Å². The summed E-state index contributed by atoms with van der Waals surface area (Å²) in [4.78, 5) is 16.5. The zero-order valence-electron chi connectivity index (χ0n) is 12.0. The molecule has 1 aliphatic carbocycles. The standard InChI is InChI=1S/C16H21N3O/c1-13-6-9-18-10-14(13)11-19-15(20)16(12-17)7-4-2-3-5-8-16/h6,9-10H,2-5,7-8,11H2,1H3,(H,19,20). The van der Waals surface area contributed by atoms with Crippen molar-refractivity contribution >= 4 is 5.91 Å². The molecule has 106 valence electrons. The summed E-state index contributed by atoms with van der Waals surface area (Å²) < 4.78 is 0. The molecule has 0 aliphatic heterocycles. The first-order valence-electron chi connectivity index (χ1n) is 7.27. The van der Waals surface area contributed by atoms with Crippen molar-refractivity contribution in [2.24, 2.45) is 5.41 Å². The predicted molar refractivity (Wildman–Crippen MR) is 76.6 cm³/mol. The minimum atomic E-state index is -0.827. The number of rotatable bonds is 3. The van der Waals surface area contributed by atoms with Crippen LogP contribution in [0.3, 0.4) is 0 Å². The second-order valence-electron chi connectivity index (χ2n) is 5.59. The first-order chi connectivity index (χ1) is 9.68. The van der Waals surface area contributed by atoms with Gasteiger partial charge in [0, 0.05) is 18.9 Å². The SMILES string of the molecule is Cc1ccncc1CNC(=O)C1(C#N)CCCCCC1. The molecule has 20 heavy (non-hydrogen) atoms. The third kappa shape index (κ3) is 3.16. The van der Waals surface area contributed by atoms with Gasteiger partial charge in [-0.25, -0.2) is 0 Å². The van der Waals surface area contributed by atoms with Crippen LogP contribution >= 0.6 is 0 Å². The Morgan fingerprint density at radius 3 is 2.70 bits per heavy atom. The van der Waals surface area contributed by atoms with Gasteiger partial charge in [0.15, 0.2) is 0 Å². The van der Waals surface area contributed by atoms with Gasteiger partial charge < -0.3 is 5.32 Å². The molecule has 0 aromatic carbocycles. The maximum absolute atomic E-state index is 12.4. The number of hydrogen-bond donors (Lipinski definition) is 1. The quantitative estimate of drug-likeness (QED) is 0.860. The van der Waals surface area contributed by atoms with Crippen LogP contribution in [0, 0.1) is 23.7 Å². The molecule has 1 aromatic heterocycles. The highest BCUT2D eigenvalue weighted by atomic mass is 16.2. The molecule has 1 heterocycles. The maximum atomic E-state index is 12.4. The summed E-state index contributed by atoms with van der Waals surface area (Å²) in [6.45, 7) is 2.44. The number of aryl methyl sites for hydroxylation is 1. The highest BCUT2D eigenvalue weighted by Gasteiger charge is 2.38. The van der Waals surface area contributed by atoms with Gasteiger partial charge in [0.2, 0.25) is 5.91 Å². The molecule has 1 amide bonds. The minimum absolute atomic E-state index is 0.120. The van der Waals surface area contributed by atoms with Crippen LogP contribution in [-0.2, 0) is 11.3 Å². The summed E-state index contributed by atoms with van der Waals surface area (Å²) in [5, 5.41) is 12.4. The molecule has 0 unspecified atom stereocenters. The summed E-state index contributed by atoms with van der Waals surface area (Å²) >= 11 is 0. The number of aromatic nitrogens is 1. The van der Waals surface area contributed by atoms with Gasteiger partial charge >= 0.3 is 0 Å². The molecule has 0 spiro atoms. The molecule has 2 rings (SSSR count). The fourth-order valence-corrected chi connectivity index (χ4v) is 2.75. The van der Waals surface area contributed by atoms with E-state index in [9.17, 15) is 10.1 Å². The van der Waals surface area contributed by atoms with Crippen molar-refractivity contribution in [1.29, 1.82) is 5.26 Å². The lowest BCUT2D eigenvalue weighted by molar-refractivity contribution is -0.129. The molecular formula is C16H21N3O. The number of pyridine rings is 1. The minimum Gasteiger partial charge on any atom is -0.351 e. The summed E-state index contributed by atoms with van der Waals surface area (Å²) in [7, 11) is 0. The largest absolute Gasteiger partial charge is 0.351 e. The van der Waals surface area contributed by atoms with Crippen LogP contribution in [-0.4, -0.2) is 10.9 Å². The van der Waals surface area contributed by atoms with Crippen LogP contribution in [0.15, 0.2) is 18.5 Å². The third-order valence-corrected chi connectivity index (χ3v) is 4.19. The molecule has 1 aromatic rings. The molecule has 0 radical (unpaired) electrons. The van der Waals surface area contributed by atoms with E-state index in [1.165, 1.54) is 0 Å². The van der Waals surface area contributed by atoms with Crippen molar-refractivity contribution in [1.82, 2.24) is 10.3 Å².